The predicted octanol–water partition coefficient (Wildman–Crippen LogP) is 2.27. The van der Waals surface area contributed by atoms with Crippen LogP contribution in [-0.2, 0) is 0 Å². The van der Waals surface area contributed by atoms with Gasteiger partial charge in [0.15, 0.2) is 6.61 Å². The molecule has 1 rings (SSSR count). The van der Waals surface area contributed by atoms with Crippen LogP contribution in [0.4, 0.5) is 8.78 Å². The van der Waals surface area contributed by atoms with E-state index in [0.29, 0.717) is 4.47 Å². The van der Waals surface area contributed by atoms with Gasteiger partial charge in [-0.2, -0.15) is 0 Å². The number of rotatable bonds is 3. The Morgan fingerprint density at radius 3 is 2.46 bits per heavy atom. The van der Waals surface area contributed by atoms with Crippen molar-refractivity contribution in [2.24, 2.45) is 0 Å². The molecule has 0 bridgehead atoms. The maximum absolute atomic E-state index is 12.3. The molecule has 0 aromatic carbocycles. The summed E-state index contributed by atoms with van der Waals surface area (Å²) >= 11 is 3.11. The highest BCUT2D eigenvalue weighted by molar-refractivity contribution is 9.10. The molecule has 0 unspecified atom stereocenters. The van der Waals surface area contributed by atoms with Gasteiger partial charge in [0.1, 0.15) is 0 Å². The van der Waals surface area contributed by atoms with Crippen molar-refractivity contribution in [2.75, 3.05) is 6.61 Å². The van der Waals surface area contributed by atoms with E-state index in [9.17, 15) is 8.78 Å². The maximum atomic E-state index is 12.3. The van der Waals surface area contributed by atoms with Crippen molar-refractivity contribution in [3.05, 3.63) is 16.9 Å². The summed E-state index contributed by atoms with van der Waals surface area (Å²) in [5.41, 5.74) is 0. The van der Waals surface area contributed by atoms with Gasteiger partial charge in [-0.3, -0.25) is 0 Å². The summed E-state index contributed by atoms with van der Waals surface area (Å²) in [5, 5.41) is 0. The van der Waals surface area contributed by atoms with Crippen molar-refractivity contribution in [1.82, 2.24) is 9.97 Å². The fourth-order valence-corrected chi connectivity index (χ4v) is 0.771. The Bertz CT molecular complexity index is 273. The highest BCUT2D eigenvalue weighted by Gasteiger charge is 2.22. The van der Waals surface area contributed by atoms with E-state index in [-0.39, 0.29) is 6.01 Å². The number of hydrogen-bond donors (Lipinski definition) is 0. The highest BCUT2D eigenvalue weighted by Crippen LogP contribution is 2.14. The average molecular weight is 253 g/mol. The second-order valence-corrected chi connectivity index (χ2v) is 3.46. The highest BCUT2D eigenvalue weighted by atomic mass is 79.9. The van der Waals surface area contributed by atoms with E-state index in [0.717, 1.165) is 6.92 Å². The van der Waals surface area contributed by atoms with Gasteiger partial charge in [0.25, 0.3) is 5.92 Å². The van der Waals surface area contributed by atoms with Crippen LogP contribution in [0.5, 0.6) is 6.01 Å². The maximum Gasteiger partial charge on any atom is 0.316 e. The molecule has 0 atom stereocenters. The largest absolute Gasteiger partial charge is 0.457 e. The lowest BCUT2D eigenvalue weighted by atomic mass is 10.4. The van der Waals surface area contributed by atoms with E-state index >= 15 is 0 Å². The summed E-state index contributed by atoms with van der Waals surface area (Å²) in [4.78, 5) is 7.34. The van der Waals surface area contributed by atoms with Gasteiger partial charge < -0.3 is 4.74 Å². The molecule has 0 saturated heterocycles. The molecule has 0 spiro atoms. The lowest BCUT2D eigenvalue weighted by Gasteiger charge is -2.09. The van der Waals surface area contributed by atoms with Crippen molar-refractivity contribution in [2.45, 2.75) is 12.8 Å². The molecule has 13 heavy (non-hydrogen) atoms. The van der Waals surface area contributed by atoms with Gasteiger partial charge in [0, 0.05) is 19.3 Å². The Morgan fingerprint density at radius 2 is 2.00 bits per heavy atom. The van der Waals surface area contributed by atoms with Gasteiger partial charge >= 0.3 is 6.01 Å². The first-order valence-electron chi connectivity index (χ1n) is 3.45. The Balaban J connectivity index is 2.51. The number of hydrogen-bond acceptors (Lipinski definition) is 3. The Morgan fingerprint density at radius 1 is 1.46 bits per heavy atom. The normalized spacial score (nSPS) is 11.4. The molecule has 0 saturated carbocycles. The molecule has 0 aliphatic heterocycles. The van der Waals surface area contributed by atoms with Gasteiger partial charge in [0.05, 0.1) is 4.47 Å². The predicted molar refractivity (Wildman–Crippen MR) is 45.8 cm³/mol. The minimum Gasteiger partial charge on any atom is -0.457 e. The zero-order valence-electron chi connectivity index (χ0n) is 6.80. The van der Waals surface area contributed by atoms with E-state index in [1.165, 1.54) is 12.4 Å². The Labute approximate surface area is 82.3 Å². The van der Waals surface area contributed by atoms with Crippen LogP contribution in [0, 0.1) is 0 Å². The summed E-state index contributed by atoms with van der Waals surface area (Å²) in [6, 6.07) is -0.0512. The fraction of sp³-hybridized carbons (Fsp3) is 0.429. The standard InChI is InChI=1S/C7H7BrF2N2O/c1-7(9,10)4-13-6-11-2-5(8)3-12-6/h2-3H,4H2,1H3. The van der Waals surface area contributed by atoms with Crippen LogP contribution in [0.25, 0.3) is 0 Å². The number of aromatic nitrogens is 2. The first-order chi connectivity index (χ1) is 5.97. The van der Waals surface area contributed by atoms with Crippen LogP contribution in [0.3, 0.4) is 0 Å². The van der Waals surface area contributed by atoms with Gasteiger partial charge in [0.2, 0.25) is 0 Å². The molecule has 0 aliphatic rings. The second-order valence-electron chi connectivity index (χ2n) is 2.54. The van der Waals surface area contributed by atoms with Crippen molar-refractivity contribution >= 4 is 15.9 Å². The summed E-state index contributed by atoms with van der Waals surface area (Å²) in [6.45, 7) is 0.0560. The van der Waals surface area contributed by atoms with Crippen LogP contribution in [-0.4, -0.2) is 22.5 Å². The smallest absolute Gasteiger partial charge is 0.316 e. The quantitative estimate of drug-likeness (QED) is 0.828. The topological polar surface area (TPSA) is 35.0 Å². The molecule has 0 amide bonds. The summed E-state index contributed by atoms with van der Waals surface area (Å²) in [7, 11) is 0. The van der Waals surface area contributed by atoms with E-state index in [1.807, 2.05) is 0 Å². The molecule has 3 nitrogen and oxygen atoms in total. The third kappa shape index (κ3) is 4.12. The fourth-order valence-electron chi connectivity index (χ4n) is 0.566. The van der Waals surface area contributed by atoms with E-state index in [4.69, 9.17) is 0 Å². The van der Waals surface area contributed by atoms with Gasteiger partial charge in [-0.25, -0.2) is 18.7 Å². The minimum atomic E-state index is -2.86. The van der Waals surface area contributed by atoms with Crippen molar-refractivity contribution in [1.29, 1.82) is 0 Å². The third-order valence-corrected chi connectivity index (χ3v) is 1.46. The minimum absolute atomic E-state index is 0.0512. The lowest BCUT2D eigenvalue weighted by molar-refractivity contribution is -0.0256. The van der Waals surface area contributed by atoms with E-state index in [2.05, 4.69) is 30.6 Å². The van der Waals surface area contributed by atoms with E-state index in [1.54, 1.807) is 0 Å². The summed E-state index contributed by atoms with van der Waals surface area (Å²) in [5.74, 6) is -2.86. The summed E-state index contributed by atoms with van der Waals surface area (Å²) in [6.07, 6.45) is 2.85. The Hall–Kier alpha value is -0.780. The molecule has 0 N–H and O–H groups in total. The molecule has 6 heteroatoms. The number of nitrogens with zero attached hydrogens (tertiary/aromatic N) is 2. The van der Waals surface area contributed by atoms with Crippen LogP contribution in [0.1, 0.15) is 6.92 Å². The number of halogens is 3. The molecule has 1 aromatic rings. The third-order valence-electron chi connectivity index (χ3n) is 1.05. The Kier molecular flexibility index (Phi) is 3.13. The molecular weight excluding hydrogens is 246 g/mol. The number of alkyl halides is 2. The monoisotopic (exact) mass is 252 g/mol. The van der Waals surface area contributed by atoms with Gasteiger partial charge in [-0.1, -0.05) is 0 Å². The molecular formula is C7H7BrF2N2O. The molecule has 0 radical (unpaired) electrons. The van der Waals surface area contributed by atoms with Crippen molar-refractivity contribution in [3.63, 3.8) is 0 Å². The average Bonchev–Trinajstić information content (AvgIpc) is 2.02. The van der Waals surface area contributed by atoms with Gasteiger partial charge in [-0.05, 0) is 15.9 Å². The zero-order chi connectivity index (χ0) is 9.90. The lowest BCUT2D eigenvalue weighted by Crippen LogP contribution is -2.21. The zero-order valence-corrected chi connectivity index (χ0v) is 8.38. The second kappa shape index (κ2) is 3.95. The van der Waals surface area contributed by atoms with Crippen LogP contribution in [0.15, 0.2) is 16.9 Å². The summed E-state index contributed by atoms with van der Waals surface area (Å²) < 4.78 is 29.9. The molecule has 0 fully saturated rings. The first kappa shape index (κ1) is 10.3. The molecule has 1 heterocycles. The molecule has 1 aromatic heterocycles. The van der Waals surface area contributed by atoms with Crippen LogP contribution in [0.2, 0.25) is 0 Å². The first-order valence-corrected chi connectivity index (χ1v) is 4.25. The van der Waals surface area contributed by atoms with Gasteiger partial charge in [-0.15, -0.1) is 0 Å². The van der Waals surface area contributed by atoms with E-state index < -0.39 is 12.5 Å². The number of ether oxygens (including phenoxy) is 1. The SMILES string of the molecule is CC(F)(F)COc1ncc(Br)cn1. The molecule has 72 valence electrons. The molecule has 0 aliphatic carbocycles. The van der Waals surface area contributed by atoms with Crippen molar-refractivity contribution in [3.8, 4) is 6.01 Å². The van der Waals surface area contributed by atoms with Crippen LogP contribution >= 0.6 is 15.9 Å². The van der Waals surface area contributed by atoms with Crippen LogP contribution < -0.4 is 4.74 Å². The van der Waals surface area contributed by atoms with Crippen molar-refractivity contribution < 1.29 is 13.5 Å².